The van der Waals surface area contributed by atoms with E-state index in [-0.39, 0.29) is 17.1 Å². The van der Waals surface area contributed by atoms with E-state index in [9.17, 15) is 9.59 Å². The lowest BCUT2D eigenvalue weighted by atomic mass is 9.82. The summed E-state index contributed by atoms with van der Waals surface area (Å²) in [7, 11) is 0. The Labute approximate surface area is 108 Å². The van der Waals surface area contributed by atoms with Gasteiger partial charge in [0.05, 0.1) is 29.8 Å². The quantitative estimate of drug-likeness (QED) is 0.781. The molecule has 2 aromatic rings. The molecule has 2 fully saturated rings. The standard InChI is InChI=1S/C13H13N3O3/c17-11(16-4-3-13(16)6-19-7-13)8-1-2-9-10(5-8)15-12(18)14-9/h1-2,5H,3-4,6-7H2,(H2,14,15,18). The first-order chi connectivity index (χ1) is 9.18. The summed E-state index contributed by atoms with van der Waals surface area (Å²) in [5.41, 5.74) is 1.67. The van der Waals surface area contributed by atoms with E-state index in [1.165, 1.54) is 0 Å². The average Bonchev–Trinajstić information content (AvgIpc) is 2.64. The van der Waals surface area contributed by atoms with Crippen LogP contribution in [0, 0.1) is 0 Å². The number of imidazole rings is 1. The number of benzene rings is 1. The van der Waals surface area contributed by atoms with Crippen molar-refractivity contribution in [2.75, 3.05) is 19.8 Å². The maximum Gasteiger partial charge on any atom is 0.323 e. The number of carbonyl (C=O) groups is 1. The van der Waals surface area contributed by atoms with Crippen LogP contribution >= 0.6 is 0 Å². The van der Waals surface area contributed by atoms with Gasteiger partial charge in [-0.2, -0.15) is 0 Å². The minimum absolute atomic E-state index is 0.0125. The van der Waals surface area contributed by atoms with Gasteiger partial charge >= 0.3 is 5.69 Å². The molecule has 0 unspecified atom stereocenters. The van der Waals surface area contributed by atoms with Gasteiger partial charge in [0.1, 0.15) is 0 Å². The molecular formula is C13H13N3O3. The Balaban J connectivity index is 1.69. The van der Waals surface area contributed by atoms with Crippen molar-refractivity contribution in [2.24, 2.45) is 0 Å². The Kier molecular flexibility index (Phi) is 1.98. The van der Waals surface area contributed by atoms with Crippen LogP contribution in [0.5, 0.6) is 0 Å². The highest BCUT2D eigenvalue weighted by Gasteiger charge is 2.53. The van der Waals surface area contributed by atoms with Crippen molar-refractivity contribution in [3.63, 3.8) is 0 Å². The first kappa shape index (κ1) is 10.8. The molecule has 0 saturated carbocycles. The Morgan fingerprint density at radius 3 is 2.68 bits per heavy atom. The second-order valence-electron chi connectivity index (χ2n) is 5.26. The molecule has 1 amide bonds. The maximum absolute atomic E-state index is 12.5. The Hall–Kier alpha value is -2.08. The maximum atomic E-state index is 12.5. The Morgan fingerprint density at radius 2 is 2.05 bits per heavy atom. The fourth-order valence-corrected chi connectivity index (χ4v) is 2.82. The van der Waals surface area contributed by atoms with Crippen molar-refractivity contribution in [2.45, 2.75) is 12.0 Å². The van der Waals surface area contributed by atoms with Gasteiger partial charge in [-0.05, 0) is 24.6 Å². The highest BCUT2D eigenvalue weighted by atomic mass is 16.5. The van der Waals surface area contributed by atoms with Crippen LogP contribution in [0.4, 0.5) is 0 Å². The lowest BCUT2D eigenvalue weighted by Gasteiger charge is -2.57. The van der Waals surface area contributed by atoms with Gasteiger partial charge in [-0.25, -0.2) is 4.79 Å². The van der Waals surface area contributed by atoms with Gasteiger partial charge in [0, 0.05) is 12.1 Å². The SMILES string of the molecule is O=C(c1ccc2[nH]c(=O)[nH]c2c1)N1CCC12COC2. The van der Waals surface area contributed by atoms with E-state index >= 15 is 0 Å². The molecule has 2 saturated heterocycles. The van der Waals surface area contributed by atoms with Crippen molar-refractivity contribution in [1.29, 1.82) is 0 Å². The molecule has 0 aliphatic carbocycles. The van der Waals surface area contributed by atoms with Gasteiger partial charge in [-0.1, -0.05) is 0 Å². The van der Waals surface area contributed by atoms with E-state index in [1.54, 1.807) is 18.2 Å². The predicted octanol–water partition coefficient (Wildman–Crippen LogP) is 0.471. The second-order valence-corrected chi connectivity index (χ2v) is 5.26. The number of aromatic amines is 2. The molecule has 0 atom stereocenters. The van der Waals surface area contributed by atoms with Crippen molar-refractivity contribution in [3.8, 4) is 0 Å². The molecule has 4 rings (SSSR count). The van der Waals surface area contributed by atoms with Gasteiger partial charge in [0.2, 0.25) is 0 Å². The third-order valence-electron chi connectivity index (χ3n) is 4.12. The number of likely N-dealkylation sites (tertiary alicyclic amines) is 1. The number of fused-ring (bicyclic) bond motifs is 1. The Bertz CT molecular complexity index is 721. The highest BCUT2D eigenvalue weighted by molar-refractivity contribution is 5.98. The van der Waals surface area contributed by atoms with Gasteiger partial charge < -0.3 is 19.6 Å². The number of amides is 1. The molecule has 1 spiro atoms. The van der Waals surface area contributed by atoms with Crippen LogP contribution in [0.25, 0.3) is 11.0 Å². The summed E-state index contributed by atoms with van der Waals surface area (Å²) in [4.78, 5) is 30.9. The van der Waals surface area contributed by atoms with Crippen LogP contribution in [0.3, 0.4) is 0 Å². The van der Waals surface area contributed by atoms with Crippen molar-refractivity contribution < 1.29 is 9.53 Å². The van der Waals surface area contributed by atoms with Crippen LogP contribution < -0.4 is 5.69 Å². The van der Waals surface area contributed by atoms with E-state index in [0.717, 1.165) is 13.0 Å². The zero-order chi connectivity index (χ0) is 13.0. The number of carbonyl (C=O) groups excluding carboxylic acids is 1. The smallest absolute Gasteiger partial charge is 0.323 e. The van der Waals surface area contributed by atoms with E-state index in [2.05, 4.69) is 9.97 Å². The summed E-state index contributed by atoms with van der Waals surface area (Å²) in [6.07, 6.45) is 1.02. The monoisotopic (exact) mass is 259 g/mol. The van der Waals surface area contributed by atoms with E-state index in [0.29, 0.717) is 29.8 Å². The third kappa shape index (κ3) is 1.40. The van der Waals surface area contributed by atoms with Crippen LogP contribution in [-0.4, -0.2) is 46.1 Å². The van der Waals surface area contributed by atoms with Gasteiger partial charge in [0.25, 0.3) is 5.91 Å². The molecule has 2 N–H and O–H groups in total. The molecule has 98 valence electrons. The minimum atomic E-state index is -0.257. The third-order valence-corrected chi connectivity index (χ3v) is 4.12. The number of ether oxygens (including phenoxy) is 1. The zero-order valence-electron chi connectivity index (χ0n) is 10.2. The van der Waals surface area contributed by atoms with Crippen LogP contribution in [-0.2, 0) is 4.74 Å². The van der Waals surface area contributed by atoms with Crippen LogP contribution in [0.1, 0.15) is 16.8 Å². The summed E-state index contributed by atoms with van der Waals surface area (Å²) in [6.45, 7) is 2.06. The number of hydrogen-bond donors (Lipinski definition) is 2. The number of hydrogen-bond acceptors (Lipinski definition) is 3. The molecular weight excluding hydrogens is 246 g/mol. The van der Waals surface area contributed by atoms with Gasteiger partial charge in [0.15, 0.2) is 0 Å². The fourth-order valence-electron chi connectivity index (χ4n) is 2.82. The lowest BCUT2D eigenvalue weighted by Crippen LogP contribution is -2.72. The minimum Gasteiger partial charge on any atom is -0.376 e. The Morgan fingerprint density at radius 1 is 1.26 bits per heavy atom. The molecule has 2 aliphatic heterocycles. The van der Waals surface area contributed by atoms with Crippen molar-refractivity contribution >= 4 is 16.9 Å². The number of nitrogens with one attached hydrogen (secondary N) is 2. The largest absolute Gasteiger partial charge is 0.376 e. The van der Waals surface area contributed by atoms with E-state index in [1.807, 2.05) is 4.90 Å². The molecule has 1 aromatic heterocycles. The molecule has 19 heavy (non-hydrogen) atoms. The van der Waals surface area contributed by atoms with Crippen molar-refractivity contribution in [1.82, 2.24) is 14.9 Å². The first-order valence-corrected chi connectivity index (χ1v) is 6.30. The summed E-state index contributed by atoms with van der Waals surface area (Å²) in [5, 5.41) is 0. The van der Waals surface area contributed by atoms with E-state index < -0.39 is 0 Å². The van der Waals surface area contributed by atoms with Gasteiger partial charge in [-0.15, -0.1) is 0 Å². The highest BCUT2D eigenvalue weighted by Crippen LogP contribution is 2.38. The second kappa shape index (κ2) is 3.48. The zero-order valence-corrected chi connectivity index (χ0v) is 10.2. The molecule has 3 heterocycles. The number of H-pyrrole nitrogens is 2. The number of aromatic nitrogens is 2. The van der Waals surface area contributed by atoms with Gasteiger partial charge in [-0.3, -0.25) is 4.79 Å². The fraction of sp³-hybridized carbons (Fsp3) is 0.385. The summed E-state index contributed by atoms with van der Waals surface area (Å²) < 4.78 is 5.22. The number of rotatable bonds is 1. The molecule has 6 nitrogen and oxygen atoms in total. The molecule has 0 radical (unpaired) electrons. The number of nitrogens with zero attached hydrogens (tertiary/aromatic N) is 1. The molecule has 0 bridgehead atoms. The summed E-state index contributed by atoms with van der Waals surface area (Å²) in [5.74, 6) is 0.0125. The summed E-state index contributed by atoms with van der Waals surface area (Å²) in [6, 6.07) is 5.23. The van der Waals surface area contributed by atoms with Crippen molar-refractivity contribution in [3.05, 3.63) is 34.2 Å². The lowest BCUT2D eigenvalue weighted by molar-refractivity contribution is -0.172. The topological polar surface area (TPSA) is 78.2 Å². The predicted molar refractivity (Wildman–Crippen MR) is 68.1 cm³/mol. The molecule has 1 aromatic carbocycles. The molecule has 2 aliphatic rings. The average molecular weight is 259 g/mol. The summed E-state index contributed by atoms with van der Waals surface area (Å²) >= 11 is 0. The first-order valence-electron chi connectivity index (χ1n) is 6.30. The van der Waals surface area contributed by atoms with Crippen LogP contribution in [0.2, 0.25) is 0 Å². The normalized spacial score (nSPS) is 20.3. The van der Waals surface area contributed by atoms with E-state index in [4.69, 9.17) is 4.74 Å². The molecule has 6 heteroatoms. The van der Waals surface area contributed by atoms with Crippen LogP contribution in [0.15, 0.2) is 23.0 Å².